The Morgan fingerprint density at radius 2 is 1.67 bits per heavy atom. The van der Waals surface area contributed by atoms with Crippen molar-refractivity contribution in [1.82, 2.24) is 0 Å². The molecule has 0 bridgehead atoms. The Morgan fingerprint density at radius 3 is 2.33 bits per heavy atom. The van der Waals surface area contributed by atoms with Gasteiger partial charge in [0.15, 0.2) is 0 Å². The zero-order valence-electron chi connectivity index (χ0n) is 9.82. The van der Waals surface area contributed by atoms with E-state index in [0.717, 1.165) is 5.56 Å². The molecule has 0 aliphatic carbocycles. The summed E-state index contributed by atoms with van der Waals surface area (Å²) in [5.74, 6) is 0. The fraction of sp³-hybridized carbons (Fsp3) is 0.143. The van der Waals surface area contributed by atoms with Crippen LogP contribution in [0.25, 0.3) is 0 Å². The maximum absolute atomic E-state index is 10.9. The smallest absolute Gasteiger partial charge is 0.272 e. The van der Waals surface area contributed by atoms with Crippen LogP contribution in [0.15, 0.2) is 54.6 Å². The lowest BCUT2D eigenvalue weighted by molar-refractivity contribution is -0.385. The van der Waals surface area contributed by atoms with E-state index in [-0.39, 0.29) is 16.7 Å². The summed E-state index contributed by atoms with van der Waals surface area (Å²) >= 11 is 0. The number of hydrogen-bond acceptors (Lipinski definition) is 3. The van der Waals surface area contributed by atoms with Gasteiger partial charge in [0.05, 0.1) is 4.92 Å². The maximum atomic E-state index is 10.9. The Kier molecular flexibility index (Phi) is 3.69. The molecule has 0 aliphatic rings. The fourth-order valence-corrected chi connectivity index (χ4v) is 1.92. The normalized spacial score (nSPS) is 12.1. The molecule has 0 amide bonds. The minimum Gasteiger partial charge on any atom is -0.324 e. The highest BCUT2D eigenvalue weighted by molar-refractivity contribution is 5.41. The second-order valence-electron chi connectivity index (χ2n) is 4.11. The second kappa shape index (κ2) is 5.42. The van der Waals surface area contributed by atoms with Crippen LogP contribution >= 0.6 is 0 Å². The number of nitro benzene ring substituents is 1. The molecule has 2 aromatic carbocycles. The van der Waals surface area contributed by atoms with Crippen LogP contribution in [-0.2, 0) is 6.42 Å². The van der Waals surface area contributed by atoms with Crippen molar-refractivity contribution in [2.45, 2.75) is 12.5 Å². The summed E-state index contributed by atoms with van der Waals surface area (Å²) in [5, 5.41) is 10.9. The molecule has 0 spiro atoms. The SMILES string of the molecule is NC(Cc1ccccc1[N+](=O)[O-])c1ccccc1. The van der Waals surface area contributed by atoms with E-state index in [0.29, 0.717) is 12.0 Å². The zero-order chi connectivity index (χ0) is 13.0. The molecule has 0 aromatic heterocycles. The van der Waals surface area contributed by atoms with E-state index in [1.165, 1.54) is 6.07 Å². The van der Waals surface area contributed by atoms with Crippen molar-refractivity contribution in [1.29, 1.82) is 0 Å². The second-order valence-corrected chi connectivity index (χ2v) is 4.11. The Bertz CT molecular complexity index is 541. The molecule has 2 rings (SSSR count). The van der Waals surface area contributed by atoms with Gasteiger partial charge >= 0.3 is 0 Å². The molecule has 0 aliphatic heterocycles. The highest BCUT2D eigenvalue weighted by atomic mass is 16.6. The number of nitro groups is 1. The van der Waals surface area contributed by atoms with Crippen LogP contribution in [0.2, 0.25) is 0 Å². The van der Waals surface area contributed by atoms with Crippen LogP contribution in [0.5, 0.6) is 0 Å². The largest absolute Gasteiger partial charge is 0.324 e. The van der Waals surface area contributed by atoms with Crippen molar-refractivity contribution in [3.8, 4) is 0 Å². The van der Waals surface area contributed by atoms with Gasteiger partial charge in [-0.1, -0.05) is 48.5 Å². The Balaban J connectivity index is 2.22. The summed E-state index contributed by atoms with van der Waals surface area (Å²) in [6.07, 6.45) is 0.459. The van der Waals surface area contributed by atoms with Crippen molar-refractivity contribution in [2.75, 3.05) is 0 Å². The van der Waals surface area contributed by atoms with Crippen LogP contribution < -0.4 is 5.73 Å². The highest BCUT2D eigenvalue weighted by Crippen LogP contribution is 2.23. The lowest BCUT2D eigenvalue weighted by Gasteiger charge is -2.12. The van der Waals surface area contributed by atoms with Gasteiger partial charge in [-0.15, -0.1) is 0 Å². The monoisotopic (exact) mass is 242 g/mol. The predicted molar refractivity (Wildman–Crippen MR) is 70.2 cm³/mol. The molecule has 0 radical (unpaired) electrons. The van der Waals surface area contributed by atoms with Gasteiger partial charge in [-0.3, -0.25) is 10.1 Å². The van der Waals surface area contributed by atoms with Crippen LogP contribution in [0.3, 0.4) is 0 Å². The molecule has 92 valence electrons. The zero-order valence-corrected chi connectivity index (χ0v) is 9.82. The number of benzene rings is 2. The van der Waals surface area contributed by atoms with Gasteiger partial charge in [0.25, 0.3) is 5.69 Å². The highest BCUT2D eigenvalue weighted by Gasteiger charge is 2.15. The minimum atomic E-state index is -0.368. The standard InChI is InChI=1S/C14H14N2O2/c15-13(11-6-2-1-3-7-11)10-12-8-4-5-9-14(12)16(17)18/h1-9,13H,10,15H2. The molecule has 1 atom stereocenters. The number of nitrogens with zero attached hydrogens (tertiary/aromatic N) is 1. The molecule has 0 saturated carbocycles. The molecule has 0 saturated heterocycles. The summed E-state index contributed by atoms with van der Waals surface area (Å²) in [4.78, 5) is 10.5. The topological polar surface area (TPSA) is 69.2 Å². The van der Waals surface area contributed by atoms with E-state index < -0.39 is 0 Å². The lowest BCUT2D eigenvalue weighted by atomic mass is 9.99. The van der Waals surface area contributed by atoms with Gasteiger partial charge < -0.3 is 5.73 Å². The van der Waals surface area contributed by atoms with Crippen LogP contribution in [0.1, 0.15) is 17.2 Å². The number of para-hydroxylation sites is 1. The first-order valence-corrected chi connectivity index (χ1v) is 5.71. The van der Waals surface area contributed by atoms with E-state index in [1.807, 2.05) is 30.3 Å². The van der Waals surface area contributed by atoms with Gasteiger partial charge in [-0.05, 0) is 12.0 Å². The molecule has 2 aromatic rings. The minimum absolute atomic E-state index is 0.129. The molecular weight excluding hydrogens is 228 g/mol. The number of nitrogens with two attached hydrogens (primary N) is 1. The first kappa shape index (κ1) is 12.3. The predicted octanol–water partition coefficient (Wildman–Crippen LogP) is 2.84. The average molecular weight is 242 g/mol. The summed E-state index contributed by atoms with van der Waals surface area (Å²) < 4.78 is 0. The van der Waals surface area contributed by atoms with E-state index in [2.05, 4.69) is 0 Å². The Hall–Kier alpha value is -2.20. The van der Waals surface area contributed by atoms with Gasteiger partial charge in [-0.25, -0.2) is 0 Å². The third-order valence-electron chi connectivity index (χ3n) is 2.86. The Labute approximate surface area is 105 Å². The first-order chi connectivity index (χ1) is 8.68. The molecule has 1 unspecified atom stereocenters. The maximum Gasteiger partial charge on any atom is 0.272 e. The summed E-state index contributed by atoms with van der Waals surface area (Å²) in [5.41, 5.74) is 7.85. The van der Waals surface area contributed by atoms with Gasteiger partial charge in [-0.2, -0.15) is 0 Å². The van der Waals surface area contributed by atoms with E-state index in [9.17, 15) is 10.1 Å². The number of hydrogen-bond donors (Lipinski definition) is 1. The van der Waals surface area contributed by atoms with Gasteiger partial charge in [0.1, 0.15) is 0 Å². The van der Waals surface area contributed by atoms with E-state index in [1.54, 1.807) is 18.2 Å². The van der Waals surface area contributed by atoms with Crippen LogP contribution in [0, 0.1) is 10.1 Å². The van der Waals surface area contributed by atoms with Crippen molar-refractivity contribution < 1.29 is 4.92 Å². The van der Waals surface area contributed by atoms with Gasteiger partial charge in [0, 0.05) is 17.7 Å². The Morgan fingerprint density at radius 1 is 1.06 bits per heavy atom. The molecule has 0 fully saturated rings. The molecule has 4 nitrogen and oxygen atoms in total. The van der Waals surface area contributed by atoms with Crippen molar-refractivity contribution in [2.24, 2.45) is 5.73 Å². The third-order valence-corrected chi connectivity index (χ3v) is 2.86. The van der Waals surface area contributed by atoms with Crippen molar-refractivity contribution in [3.05, 3.63) is 75.8 Å². The first-order valence-electron chi connectivity index (χ1n) is 5.71. The summed E-state index contributed by atoms with van der Waals surface area (Å²) in [6.45, 7) is 0. The fourth-order valence-electron chi connectivity index (χ4n) is 1.92. The summed E-state index contributed by atoms with van der Waals surface area (Å²) in [6, 6.07) is 16.1. The van der Waals surface area contributed by atoms with E-state index in [4.69, 9.17) is 5.73 Å². The molecule has 18 heavy (non-hydrogen) atoms. The van der Waals surface area contributed by atoms with Crippen LogP contribution in [-0.4, -0.2) is 4.92 Å². The quantitative estimate of drug-likeness (QED) is 0.662. The lowest BCUT2D eigenvalue weighted by Crippen LogP contribution is -2.14. The van der Waals surface area contributed by atoms with Crippen LogP contribution in [0.4, 0.5) is 5.69 Å². The number of rotatable bonds is 4. The van der Waals surface area contributed by atoms with Gasteiger partial charge in [0.2, 0.25) is 0 Å². The third kappa shape index (κ3) is 2.73. The van der Waals surface area contributed by atoms with E-state index >= 15 is 0 Å². The van der Waals surface area contributed by atoms with Crippen molar-refractivity contribution in [3.63, 3.8) is 0 Å². The molecule has 0 heterocycles. The average Bonchev–Trinajstić information content (AvgIpc) is 2.40. The molecule has 2 N–H and O–H groups in total. The molecule has 4 heteroatoms. The van der Waals surface area contributed by atoms with Crippen molar-refractivity contribution >= 4 is 5.69 Å². The molecular formula is C14H14N2O2. The summed E-state index contributed by atoms with van der Waals surface area (Å²) in [7, 11) is 0.